The van der Waals surface area contributed by atoms with Crippen LogP contribution >= 0.6 is 0 Å². The summed E-state index contributed by atoms with van der Waals surface area (Å²) in [5.74, 6) is -1.52. The van der Waals surface area contributed by atoms with Crippen molar-refractivity contribution < 1.29 is 19.4 Å². The second-order valence-corrected chi connectivity index (χ2v) is 4.02. The normalized spacial score (nSPS) is 11.9. The minimum absolute atomic E-state index is 0.0360. The van der Waals surface area contributed by atoms with Gasteiger partial charge >= 0.3 is 11.9 Å². The Kier molecular flexibility index (Phi) is 6.93. The molecule has 0 aromatic carbocycles. The van der Waals surface area contributed by atoms with Crippen molar-refractivity contribution in [3.63, 3.8) is 0 Å². The van der Waals surface area contributed by atoms with Crippen LogP contribution in [-0.2, 0) is 14.3 Å². The first-order valence-electron chi connectivity index (χ1n) is 5.22. The van der Waals surface area contributed by atoms with Crippen LogP contribution in [0.15, 0.2) is 0 Å². The number of carbonyl (C=O) groups excluding carboxylic acids is 1. The summed E-state index contributed by atoms with van der Waals surface area (Å²) < 4.78 is 4.70. The van der Waals surface area contributed by atoms with Crippen LogP contribution in [0.3, 0.4) is 0 Å². The molecule has 5 nitrogen and oxygen atoms in total. The summed E-state index contributed by atoms with van der Waals surface area (Å²) in [7, 11) is 0. The Morgan fingerprint density at radius 3 is 2.50 bits per heavy atom. The van der Waals surface area contributed by atoms with Gasteiger partial charge in [0, 0.05) is 0 Å². The molecule has 16 heavy (non-hydrogen) atoms. The largest absolute Gasteiger partial charge is 0.481 e. The SMILES string of the molecule is CC(C)CC(C#N)CC(=O)OCCC(=O)O. The lowest BCUT2D eigenvalue weighted by Crippen LogP contribution is -2.14. The number of nitriles is 1. The van der Waals surface area contributed by atoms with E-state index in [1.165, 1.54) is 0 Å². The van der Waals surface area contributed by atoms with E-state index in [-0.39, 0.29) is 25.4 Å². The molecule has 0 saturated carbocycles. The van der Waals surface area contributed by atoms with Crippen LogP contribution in [0, 0.1) is 23.2 Å². The average Bonchev–Trinajstić information content (AvgIpc) is 2.15. The van der Waals surface area contributed by atoms with Crippen LogP contribution in [-0.4, -0.2) is 23.7 Å². The van der Waals surface area contributed by atoms with Gasteiger partial charge in [-0.25, -0.2) is 0 Å². The van der Waals surface area contributed by atoms with Gasteiger partial charge in [-0.15, -0.1) is 0 Å². The molecule has 0 heterocycles. The Balaban J connectivity index is 3.84. The minimum Gasteiger partial charge on any atom is -0.481 e. The van der Waals surface area contributed by atoms with Crippen molar-refractivity contribution in [2.24, 2.45) is 11.8 Å². The Bertz CT molecular complexity index is 280. The molecule has 1 N–H and O–H groups in total. The summed E-state index contributed by atoms with van der Waals surface area (Å²) in [5, 5.41) is 17.1. The predicted molar refractivity (Wildman–Crippen MR) is 56.4 cm³/mol. The number of carbonyl (C=O) groups is 2. The van der Waals surface area contributed by atoms with Gasteiger partial charge in [-0.1, -0.05) is 13.8 Å². The number of hydrogen-bond donors (Lipinski definition) is 1. The molecule has 0 amide bonds. The van der Waals surface area contributed by atoms with Crippen LogP contribution in [0.4, 0.5) is 0 Å². The molecular formula is C11H17NO4. The molecule has 0 aromatic heterocycles. The number of ether oxygens (including phenoxy) is 1. The Morgan fingerprint density at radius 1 is 1.44 bits per heavy atom. The van der Waals surface area contributed by atoms with Gasteiger partial charge in [0.25, 0.3) is 0 Å². The molecule has 5 heteroatoms. The fraction of sp³-hybridized carbons (Fsp3) is 0.727. The molecule has 0 bridgehead atoms. The molecule has 1 unspecified atom stereocenters. The first-order valence-corrected chi connectivity index (χ1v) is 5.22. The summed E-state index contributed by atoms with van der Waals surface area (Å²) in [5.41, 5.74) is 0. The Hall–Kier alpha value is -1.57. The summed E-state index contributed by atoms with van der Waals surface area (Å²) >= 11 is 0. The molecule has 0 aliphatic rings. The van der Waals surface area contributed by atoms with Crippen LogP contribution in [0.1, 0.15) is 33.1 Å². The van der Waals surface area contributed by atoms with E-state index >= 15 is 0 Å². The number of aliphatic carboxylic acids is 1. The summed E-state index contributed by atoms with van der Waals surface area (Å²) in [4.78, 5) is 21.4. The van der Waals surface area contributed by atoms with Gasteiger partial charge in [-0.3, -0.25) is 9.59 Å². The lowest BCUT2D eigenvalue weighted by molar-refractivity contribution is -0.147. The zero-order chi connectivity index (χ0) is 12.6. The minimum atomic E-state index is -1.01. The molecular weight excluding hydrogens is 210 g/mol. The Labute approximate surface area is 95.0 Å². The lowest BCUT2D eigenvalue weighted by atomic mass is 9.96. The third kappa shape index (κ3) is 7.80. The van der Waals surface area contributed by atoms with E-state index in [4.69, 9.17) is 15.1 Å². The van der Waals surface area contributed by atoms with Gasteiger partial charge in [-0.2, -0.15) is 5.26 Å². The first-order chi connectivity index (χ1) is 7.45. The number of rotatable bonds is 7. The highest BCUT2D eigenvalue weighted by atomic mass is 16.5. The molecule has 90 valence electrons. The molecule has 0 rings (SSSR count). The summed E-state index contributed by atoms with van der Waals surface area (Å²) in [6.07, 6.45) is 0.478. The van der Waals surface area contributed by atoms with Crippen LogP contribution in [0.2, 0.25) is 0 Å². The monoisotopic (exact) mass is 227 g/mol. The van der Waals surface area contributed by atoms with Gasteiger partial charge in [0.15, 0.2) is 0 Å². The molecule has 0 radical (unpaired) electrons. The highest BCUT2D eigenvalue weighted by molar-refractivity contribution is 5.71. The van der Waals surface area contributed by atoms with Gasteiger partial charge in [0.05, 0.1) is 24.8 Å². The van der Waals surface area contributed by atoms with Crippen molar-refractivity contribution in [3.05, 3.63) is 0 Å². The van der Waals surface area contributed by atoms with Gasteiger partial charge in [0.2, 0.25) is 0 Å². The maximum absolute atomic E-state index is 11.2. The molecule has 0 fully saturated rings. The third-order valence-corrected chi connectivity index (χ3v) is 1.93. The van der Waals surface area contributed by atoms with Crippen LogP contribution in [0.5, 0.6) is 0 Å². The quantitative estimate of drug-likeness (QED) is 0.667. The second-order valence-electron chi connectivity index (χ2n) is 4.02. The highest BCUT2D eigenvalue weighted by Gasteiger charge is 2.15. The van der Waals surface area contributed by atoms with Gasteiger partial charge in [0.1, 0.15) is 6.61 Å². The van der Waals surface area contributed by atoms with Crippen LogP contribution < -0.4 is 0 Å². The maximum Gasteiger partial charge on any atom is 0.307 e. The zero-order valence-corrected chi connectivity index (χ0v) is 9.60. The van der Waals surface area contributed by atoms with Crippen molar-refractivity contribution in [1.29, 1.82) is 5.26 Å². The first kappa shape index (κ1) is 14.4. The number of esters is 1. The number of carboxylic acid groups (broad SMARTS) is 1. The Morgan fingerprint density at radius 2 is 2.06 bits per heavy atom. The van der Waals surface area contributed by atoms with E-state index in [2.05, 4.69) is 0 Å². The zero-order valence-electron chi connectivity index (χ0n) is 9.60. The van der Waals surface area contributed by atoms with E-state index in [1.54, 1.807) is 0 Å². The van der Waals surface area contributed by atoms with E-state index in [0.29, 0.717) is 12.3 Å². The smallest absolute Gasteiger partial charge is 0.307 e. The highest BCUT2D eigenvalue weighted by Crippen LogP contribution is 2.15. The van der Waals surface area contributed by atoms with Crippen LogP contribution in [0.25, 0.3) is 0 Å². The molecule has 0 spiro atoms. The maximum atomic E-state index is 11.2. The van der Waals surface area contributed by atoms with E-state index in [1.807, 2.05) is 19.9 Å². The molecule has 0 aliphatic carbocycles. The van der Waals surface area contributed by atoms with E-state index < -0.39 is 11.9 Å². The number of nitrogens with zero attached hydrogens (tertiary/aromatic N) is 1. The van der Waals surface area contributed by atoms with Crippen molar-refractivity contribution in [1.82, 2.24) is 0 Å². The molecule has 0 saturated heterocycles. The second kappa shape index (κ2) is 7.69. The van der Waals surface area contributed by atoms with E-state index in [9.17, 15) is 9.59 Å². The molecule has 0 aromatic rings. The predicted octanol–water partition coefficient (Wildman–Crippen LogP) is 1.58. The number of carboxylic acids is 1. The summed E-state index contributed by atoms with van der Waals surface area (Å²) in [6.45, 7) is 3.81. The fourth-order valence-electron chi connectivity index (χ4n) is 1.26. The van der Waals surface area contributed by atoms with Gasteiger partial charge < -0.3 is 9.84 Å². The van der Waals surface area contributed by atoms with E-state index in [0.717, 1.165) is 0 Å². The van der Waals surface area contributed by atoms with Gasteiger partial charge in [-0.05, 0) is 12.3 Å². The lowest BCUT2D eigenvalue weighted by Gasteiger charge is -2.10. The molecule has 1 atom stereocenters. The van der Waals surface area contributed by atoms with Crippen molar-refractivity contribution in [2.75, 3.05) is 6.61 Å². The number of hydrogen-bond acceptors (Lipinski definition) is 4. The fourth-order valence-corrected chi connectivity index (χ4v) is 1.26. The molecule has 0 aliphatic heterocycles. The van der Waals surface area contributed by atoms with Crippen molar-refractivity contribution >= 4 is 11.9 Å². The topological polar surface area (TPSA) is 87.4 Å². The van der Waals surface area contributed by atoms with Crippen molar-refractivity contribution in [2.45, 2.75) is 33.1 Å². The standard InChI is InChI=1S/C11H17NO4/c1-8(2)5-9(7-12)6-11(15)16-4-3-10(13)14/h8-9H,3-6H2,1-2H3,(H,13,14). The third-order valence-electron chi connectivity index (χ3n) is 1.93. The van der Waals surface area contributed by atoms with Crippen molar-refractivity contribution in [3.8, 4) is 6.07 Å². The summed E-state index contributed by atoms with van der Waals surface area (Å²) in [6, 6.07) is 2.05. The average molecular weight is 227 g/mol.